The Labute approximate surface area is 113 Å². The highest BCUT2D eigenvalue weighted by Gasteiger charge is 2.41. The molecule has 2 rings (SSSR count). The molecule has 1 heterocycles. The Morgan fingerprint density at radius 1 is 1.47 bits per heavy atom. The first-order valence-electron chi connectivity index (χ1n) is 6.33. The fourth-order valence-electron chi connectivity index (χ4n) is 2.71. The summed E-state index contributed by atoms with van der Waals surface area (Å²) in [6.07, 6.45) is 0. The van der Waals surface area contributed by atoms with Crippen LogP contribution in [-0.2, 0) is 5.54 Å². The Hall–Kier alpha value is -1.78. The van der Waals surface area contributed by atoms with Crippen molar-refractivity contribution < 1.29 is 9.13 Å². The summed E-state index contributed by atoms with van der Waals surface area (Å²) >= 11 is 0. The van der Waals surface area contributed by atoms with Crippen molar-refractivity contribution in [2.75, 3.05) is 13.7 Å². The quantitative estimate of drug-likeness (QED) is 0.910. The van der Waals surface area contributed by atoms with Crippen LogP contribution in [0.25, 0.3) is 0 Å². The second kappa shape index (κ2) is 4.72. The molecule has 0 saturated heterocycles. The molecule has 1 aromatic carbocycles. The van der Waals surface area contributed by atoms with Gasteiger partial charge in [-0.05, 0) is 38.5 Å². The van der Waals surface area contributed by atoms with Crippen LogP contribution in [-0.4, -0.2) is 30.6 Å². The standard InChI is InChI=1S/C14H20FN3O/c1-9(2)18-13(16)17-8-14(18,3)10-5-6-12(19-4)11(15)7-10/h5-7,9H,8H2,1-4H3,(H2,16,17). The van der Waals surface area contributed by atoms with Crippen LogP contribution in [0.3, 0.4) is 0 Å². The zero-order valence-electron chi connectivity index (χ0n) is 11.8. The van der Waals surface area contributed by atoms with E-state index >= 15 is 0 Å². The van der Waals surface area contributed by atoms with Gasteiger partial charge in [-0.2, -0.15) is 0 Å². The van der Waals surface area contributed by atoms with Crippen LogP contribution in [0.15, 0.2) is 23.2 Å². The molecule has 0 aromatic heterocycles. The van der Waals surface area contributed by atoms with Crippen molar-refractivity contribution in [2.45, 2.75) is 32.4 Å². The van der Waals surface area contributed by atoms with Crippen molar-refractivity contribution in [3.05, 3.63) is 29.6 Å². The predicted molar refractivity (Wildman–Crippen MR) is 73.8 cm³/mol. The third-order valence-electron chi connectivity index (χ3n) is 3.62. The van der Waals surface area contributed by atoms with Crippen LogP contribution >= 0.6 is 0 Å². The van der Waals surface area contributed by atoms with E-state index in [0.717, 1.165) is 5.56 Å². The van der Waals surface area contributed by atoms with Crippen LogP contribution < -0.4 is 10.5 Å². The summed E-state index contributed by atoms with van der Waals surface area (Å²) in [6, 6.07) is 5.21. The SMILES string of the molecule is COc1ccc(C2(C)CN=C(N)N2C(C)C)cc1F. The monoisotopic (exact) mass is 265 g/mol. The number of methoxy groups -OCH3 is 1. The van der Waals surface area contributed by atoms with Crippen LogP contribution in [0.2, 0.25) is 0 Å². The molecule has 0 aliphatic carbocycles. The average Bonchev–Trinajstić information content (AvgIpc) is 2.66. The summed E-state index contributed by atoms with van der Waals surface area (Å²) in [4.78, 5) is 6.33. The van der Waals surface area contributed by atoms with Gasteiger partial charge >= 0.3 is 0 Å². The topological polar surface area (TPSA) is 50.9 Å². The van der Waals surface area contributed by atoms with Gasteiger partial charge in [-0.1, -0.05) is 6.07 Å². The molecule has 0 fully saturated rings. The lowest BCUT2D eigenvalue weighted by Gasteiger charge is -2.39. The molecule has 5 heteroatoms. The first-order valence-corrected chi connectivity index (χ1v) is 6.33. The predicted octanol–water partition coefficient (Wildman–Crippen LogP) is 2.09. The van der Waals surface area contributed by atoms with Gasteiger partial charge in [-0.25, -0.2) is 4.39 Å². The maximum Gasteiger partial charge on any atom is 0.192 e. The zero-order chi connectivity index (χ0) is 14.2. The van der Waals surface area contributed by atoms with E-state index in [4.69, 9.17) is 10.5 Å². The maximum absolute atomic E-state index is 13.9. The van der Waals surface area contributed by atoms with Gasteiger partial charge in [0.05, 0.1) is 19.2 Å². The van der Waals surface area contributed by atoms with Gasteiger partial charge in [0, 0.05) is 6.04 Å². The Bertz CT molecular complexity index is 515. The number of aliphatic imine (C=N–C) groups is 1. The molecule has 1 aliphatic heterocycles. The molecule has 1 atom stereocenters. The first kappa shape index (κ1) is 13.6. The number of guanidine groups is 1. The number of nitrogens with zero attached hydrogens (tertiary/aromatic N) is 2. The average molecular weight is 265 g/mol. The molecule has 1 aliphatic rings. The van der Waals surface area contributed by atoms with E-state index in [1.807, 2.05) is 31.7 Å². The Kier molecular flexibility index (Phi) is 3.39. The first-order chi connectivity index (χ1) is 8.90. The van der Waals surface area contributed by atoms with Gasteiger partial charge in [-0.3, -0.25) is 4.99 Å². The van der Waals surface area contributed by atoms with Gasteiger partial charge < -0.3 is 15.4 Å². The molecule has 2 N–H and O–H groups in total. The van der Waals surface area contributed by atoms with Crippen molar-refractivity contribution in [3.63, 3.8) is 0 Å². The molecular formula is C14H20FN3O. The van der Waals surface area contributed by atoms with Crippen molar-refractivity contribution in [1.82, 2.24) is 4.90 Å². The number of benzene rings is 1. The lowest BCUT2D eigenvalue weighted by Crippen LogP contribution is -2.51. The molecule has 0 radical (unpaired) electrons. The highest BCUT2D eigenvalue weighted by molar-refractivity contribution is 5.81. The highest BCUT2D eigenvalue weighted by Crippen LogP contribution is 2.35. The minimum absolute atomic E-state index is 0.196. The number of rotatable bonds is 3. The number of halogens is 1. The molecule has 0 saturated carbocycles. The van der Waals surface area contributed by atoms with Crippen LogP contribution in [0, 0.1) is 5.82 Å². The van der Waals surface area contributed by atoms with E-state index in [0.29, 0.717) is 12.5 Å². The third-order valence-corrected chi connectivity index (χ3v) is 3.62. The van der Waals surface area contributed by atoms with Gasteiger partial charge in [0.15, 0.2) is 17.5 Å². The summed E-state index contributed by atoms with van der Waals surface area (Å²) < 4.78 is 18.8. The fraction of sp³-hybridized carbons (Fsp3) is 0.500. The molecule has 104 valence electrons. The van der Waals surface area contributed by atoms with Crippen molar-refractivity contribution in [2.24, 2.45) is 10.7 Å². The molecule has 19 heavy (non-hydrogen) atoms. The van der Waals surface area contributed by atoms with Crippen LogP contribution in [0.1, 0.15) is 26.3 Å². The summed E-state index contributed by atoms with van der Waals surface area (Å²) in [5, 5.41) is 0. The zero-order valence-corrected chi connectivity index (χ0v) is 11.8. The molecule has 1 unspecified atom stereocenters. The fourth-order valence-corrected chi connectivity index (χ4v) is 2.71. The minimum atomic E-state index is -0.411. The number of hydrogen-bond donors (Lipinski definition) is 1. The third kappa shape index (κ3) is 2.13. The van der Waals surface area contributed by atoms with Gasteiger partial charge in [0.1, 0.15) is 0 Å². The van der Waals surface area contributed by atoms with E-state index in [-0.39, 0.29) is 17.6 Å². The number of hydrogen-bond acceptors (Lipinski definition) is 4. The molecule has 0 amide bonds. The molecule has 0 bridgehead atoms. The molecule has 4 nitrogen and oxygen atoms in total. The van der Waals surface area contributed by atoms with Crippen molar-refractivity contribution in [3.8, 4) is 5.75 Å². The van der Waals surface area contributed by atoms with E-state index in [2.05, 4.69) is 4.99 Å². The summed E-state index contributed by atoms with van der Waals surface area (Å²) in [5.74, 6) is 0.388. The van der Waals surface area contributed by atoms with Gasteiger partial charge in [0.25, 0.3) is 0 Å². The lowest BCUT2D eigenvalue weighted by molar-refractivity contribution is 0.184. The Morgan fingerprint density at radius 3 is 2.68 bits per heavy atom. The van der Waals surface area contributed by atoms with E-state index in [9.17, 15) is 4.39 Å². The van der Waals surface area contributed by atoms with Crippen LogP contribution in [0.5, 0.6) is 5.75 Å². The van der Waals surface area contributed by atoms with Crippen molar-refractivity contribution in [1.29, 1.82) is 0 Å². The second-order valence-electron chi connectivity index (χ2n) is 5.26. The normalized spacial score (nSPS) is 22.8. The second-order valence-corrected chi connectivity index (χ2v) is 5.26. The van der Waals surface area contributed by atoms with E-state index < -0.39 is 5.54 Å². The minimum Gasteiger partial charge on any atom is -0.494 e. The van der Waals surface area contributed by atoms with Gasteiger partial charge in [0.2, 0.25) is 0 Å². The lowest BCUT2D eigenvalue weighted by atomic mass is 9.90. The molecule has 1 aromatic rings. The number of nitrogens with two attached hydrogens (primary N) is 1. The highest BCUT2D eigenvalue weighted by atomic mass is 19.1. The summed E-state index contributed by atoms with van der Waals surface area (Å²) in [7, 11) is 1.46. The Morgan fingerprint density at radius 2 is 2.16 bits per heavy atom. The summed E-state index contributed by atoms with van der Waals surface area (Å²) in [5.41, 5.74) is 6.38. The largest absolute Gasteiger partial charge is 0.494 e. The smallest absolute Gasteiger partial charge is 0.192 e. The van der Waals surface area contributed by atoms with Crippen molar-refractivity contribution >= 4 is 5.96 Å². The maximum atomic E-state index is 13.9. The van der Waals surface area contributed by atoms with Crippen LogP contribution in [0.4, 0.5) is 4.39 Å². The summed E-state index contributed by atoms with van der Waals surface area (Å²) in [6.45, 7) is 6.65. The van der Waals surface area contributed by atoms with Gasteiger partial charge in [-0.15, -0.1) is 0 Å². The van der Waals surface area contributed by atoms with E-state index in [1.54, 1.807) is 6.07 Å². The Balaban J connectivity index is 2.43. The van der Waals surface area contributed by atoms with E-state index in [1.165, 1.54) is 13.2 Å². The number of ether oxygens (including phenoxy) is 1. The molecule has 0 spiro atoms. The molecular weight excluding hydrogens is 245 g/mol.